The Morgan fingerprint density at radius 2 is 2.00 bits per heavy atom. The maximum absolute atomic E-state index is 12.9. The summed E-state index contributed by atoms with van der Waals surface area (Å²) >= 11 is 0. The molecule has 0 N–H and O–H groups in total. The molecule has 0 saturated carbocycles. The van der Waals surface area contributed by atoms with Gasteiger partial charge in [0.05, 0.1) is 0 Å². The zero-order valence-electron chi connectivity index (χ0n) is 8.29. The fourth-order valence-corrected chi connectivity index (χ4v) is 1.40. The van der Waals surface area contributed by atoms with Gasteiger partial charge in [0.1, 0.15) is 6.67 Å². The third kappa shape index (κ3) is 1.68. The van der Waals surface area contributed by atoms with E-state index < -0.39 is 12.3 Å². The van der Waals surface area contributed by atoms with Crippen molar-refractivity contribution < 1.29 is 13.9 Å². The largest absolute Gasteiger partial charge is 0.363 e. The van der Waals surface area contributed by atoms with Crippen molar-refractivity contribution in [2.45, 2.75) is 12.5 Å². The van der Waals surface area contributed by atoms with Gasteiger partial charge in [0, 0.05) is 7.11 Å². The summed E-state index contributed by atoms with van der Waals surface area (Å²) in [5.41, 5.74) is -0.876. The number of ketones is 1. The molecule has 0 aliphatic rings. The molecule has 0 saturated heterocycles. The van der Waals surface area contributed by atoms with Gasteiger partial charge in [-0.15, -0.1) is 0 Å². The number of hydrogen-bond acceptors (Lipinski definition) is 2. The molecular formula is C11H13FO2. The Bertz CT molecular complexity index is 304. The molecule has 0 unspecified atom stereocenters. The first-order chi connectivity index (χ1) is 6.67. The van der Waals surface area contributed by atoms with Crippen molar-refractivity contribution in [2.75, 3.05) is 13.8 Å². The zero-order chi connectivity index (χ0) is 10.6. The second-order valence-corrected chi connectivity index (χ2v) is 3.09. The minimum absolute atomic E-state index is 0.325. The van der Waals surface area contributed by atoms with Crippen LogP contribution in [0.1, 0.15) is 12.5 Å². The van der Waals surface area contributed by atoms with E-state index in [0.717, 1.165) is 0 Å². The SMILES string of the molecule is CO[C@](CF)(C(C)=O)c1ccccc1. The molecule has 0 heterocycles. The molecule has 0 spiro atoms. The Labute approximate surface area is 82.7 Å². The van der Waals surface area contributed by atoms with Crippen LogP contribution in [-0.4, -0.2) is 19.6 Å². The summed E-state index contributed by atoms with van der Waals surface area (Å²) in [5, 5.41) is 0. The van der Waals surface area contributed by atoms with Crippen LogP contribution in [0.4, 0.5) is 4.39 Å². The maximum Gasteiger partial charge on any atom is 0.178 e. The maximum atomic E-state index is 12.9. The van der Waals surface area contributed by atoms with Gasteiger partial charge >= 0.3 is 0 Å². The van der Waals surface area contributed by atoms with Crippen LogP contribution >= 0.6 is 0 Å². The summed E-state index contributed by atoms with van der Waals surface area (Å²) in [7, 11) is 1.34. The molecule has 1 aromatic rings. The molecule has 2 nitrogen and oxygen atoms in total. The number of hydrogen-bond donors (Lipinski definition) is 0. The van der Waals surface area contributed by atoms with Crippen molar-refractivity contribution in [1.82, 2.24) is 0 Å². The summed E-state index contributed by atoms with van der Waals surface area (Å²) in [6, 6.07) is 8.68. The molecule has 1 atom stereocenters. The van der Waals surface area contributed by atoms with Crippen molar-refractivity contribution in [1.29, 1.82) is 0 Å². The number of halogens is 1. The van der Waals surface area contributed by atoms with E-state index in [9.17, 15) is 9.18 Å². The number of carbonyl (C=O) groups is 1. The van der Waals surface area contributed by atoms with Gasteiger partial charge in [-0.2, -0.15) is 0 Å². The predicted octanol–water partition coefficient (Wildman–Crippen LogP) is 2.09. The van der Waals surface area contributed by atoms with Crippen LogP contribution in [0.25, 0.3) is 0 Å². The molecule has 76 valence electrons. The zero-order valence-corrected chi connectivity index (χ0v) is 8.29. The Kier molecular flexibility index (Phi) is 3.36. The average Bonchev–Trinajstić information content (AvgIpc) is 2.22. The molecule has 0 aliphatic carbocycles. The van der Waals surface area contributed by atoms with Crippen molar-refractivity contribution in [3.8, 4) is 0 Å². The monoisotopic (exact) mass is 196 g/mol. The lowest BCUT2D eigenvalue weighted by Gasteiger charge is -2.26. The highest BCUT2D eigenvalue weighted by Crippen LogP contribution is 2.26. The highest BCUT2D eigenvalue weighted by Gasteiger charge is 2.37. The lowest BCUT2D eigenvalue weighted by molar-refractivity contribution is -0.142. The van der Waals surface area contributed by atoms with E-state index in [1.54, 1.807) is 24.3 Å². The fourth-order valence-electron chi connectivity index (χ4n) is 1.40. The third-order valence-corrected chi connectivity index (χ3v) is 2.35. The number of carbonyl (C=O) groups excluding carboxylic acids is 1. The number of benzene rings is 1. The van der Waals surface area contributed by atoms with Gasteiger partial charge in [-0.1, -0.05) is 30.3 Å². The summed E-state index contributed by atoms with van der Waals surface area (Å²) in [4.78, 5) is 11.4. The number of alkyl halides is 1. The van der Waals surface area contributed by atoms with Crippen LogP contribution in [0, 0.1) is 0 Å². The normalized spacial score (nSPS) is 14.8. The molecule has 0 bridgehead atoms. The molecule has 1 aromatic carbocycles. The quantitative estimate of drug-likeness (QED) is 0.737. The summed E-state index contributed by atoms with van der Waals surface area (Å²) in [6.07, 6.45) is 0. The molecule has 0 amide bonds. The van der Waals surface area contributed by atoms with Gasteiger partial charge in [0.2, 0.25) is 0 Å². The number of ether oxygens (including phenoxy) is 1. The Morgan fingerprint density at radius 3 is 2.36 bits per heavy atom. The summed E-state index contributed by atoms with van der Waals surface area (Å²) < 4.78 is 17.9. The van der Waals surface area contributed by atoms with Crippen LogP contribution in [0.15, 0.2) is 30.3 Å². The van der Waals surface area contributed by atoms with E-state index >= 15 is 0 Å². The first-order valence-corrected chi connectivity index (χ1v) is 4.35. The lowest BCUT2D eigenvalue weighted by atomic mass is 9.91. The van der Waals surface area contributed by atoms with Crippen LogP contribution < -0.4 is 0 Å². The molecule has 1 rings (SSSR count). The van der Waals surface area contributed by atoms with Crippen molar-refractivity contribution in [2.24, 2.45) is 0 Å². The fraction of sp³-hybridized carbons (Fsp3) is 0.364. The van der Waals surface area contributed by atoms with Gasteiger partial charge < -0.3 is 4.74 Å². The van der Waals surface area contributed by atoms with Gasteiger partial charge in [0.25, 0.3) is 0 Å². The number of rotatable bonds is 4. The summed E-state index contributed by atoms with van der Waals surface area (Å²) in [5.74, 6) is -0.325. The van der Waals surface area contributed by atoms with E-state index in [1.807, 2.05) is 6.07 Å². The summed E-state index contributed by atoms with van der Waals surface area (Å²) in [6.45, 7) is 0.485. The Morgan fingerprint density at radius 1 is 1.43 bits per heavy atom. The van der Waals surface area contributed by atoms with E-state index in [1.165, 1.54) is 14.0 Å². The van der Waals surface area contributed by atoms with E-state index in [-0.39, 0.29) is 5.78 Å². The topological polar surface area (TPSA) is 26.3 Å². The second kappa shape index (κ2) is 4.33. The predicted molar refractivity (Wildman–Crippen MR) is 51.8 cm³/mol. The molecule has 0 fully saturated rings. The van der Waals surface area contributed by atoms with Crippen molar-refractivity contribution in [3.05, 3.63) is 35.9 Å². The van der Waals surface area contributed by atoms with Crippen molar-refractivity contribution in [3.63, 3.8) is 0 Å². The standard InChI is InChI=1S/C11H13FO2/c1-9(13)11(8-12,14-2)10-6-4-3-5-7-10/h3-7H,8H2,1-2H3/t11-/m1/s1. The van der Waals surface area contributed by atoms with Crippen LogP contribution in [0.5, 0.6) is 0 Å². The Balaban J connectivity index is 3.18. The van der Waals surface area contributed by atoms with E-state index in [0.29, 0.717) is 5.56 Å². The highest BCUT2D eigenvalue weighted by atomic mass is 19.1. The number of Topliss-reactive ketones (excluding diaryl/α,β-unsaturated/α-hetero) is 1. The molecule has 3 heteroatoms. The van der Waals surface area contributed by atoms with E-state index in [4.69, 9.17) is 4.74 Å². The first-order valence-electron chi connectivity index (χ1n) is 4.35. The third-order valence-electron chi connectivity index (χ3n) is 2.35. The van der Waals surface area contributed by atoms with Crippen LogP contribution in [0.3, 0.4) is 0 Å². The molecule has 0 aromatic heterocycles. The van der Waals surface area contributed by atoms with E-state index in [2.05, 4.69) is 0 Å². The van der Waals surface area contributed by atoms with Gasteiger partial charge in [-0.25, -0.2) is 4.39 Å². The molecule has 0 aliphatic heterocycles. The van der Waals surface area contributed by atoms with Gasteiger partial charge in [0.15, 0.2) is 11.4 Å². The molecule has 14 heavy (non-hydrogen) atoms. The molecular weight excluding hydrogens is 183 g/mol. The van der Waals surface area contributed by atoms with Crippen LogP contribution in [0.2, 0.25) is 0 Å². The lowest BCUT2D eigenvalue weighted by Crippen LogP contribution is -2.38. The van der Waals surface area contributed by atoms with Gasteiger partial charge in [-0.3, -0.25) is 4.79 Å². The molecule has 0 radical (unpaired) electrons. The Hall–Kier alpha value is -1.22. The van der Waals surface area contributed by atoms with Gasteiger partial charge in [-0.05, 0) is 12.5 Å². The second-order valence-electron chi connectivity index (χ2n) is 3.09. The smallest absolute Gasteiger partial charge is 0.178 e. The minimum Gasteiger partial charge on any atom is -0.363 e. The van der Waals surface area contributed by atoms with Crippen molar-refractivity contribution >= 4 is 5.78 Å². The first kappa shape index (κ1) is 10.9. The van der Waals surface area contributed by atoms with Crippen LogP contribution in [-0.2, 0) is 15.1 Å². The minimum atomic E-state index is -1.43. The highest BCUT2D eigenvalue weighted by molar-refractivity contribution is 5.86. The number of methoxy groups -OCH3 is 1. The average molecular weight is 196 g/mol.